The molecule has 5 nitrogen and oxygen atoms in total. The van der Waals surface area contributed by atoms with Crippen LogP contribution in [-0.2, 0) is 11.3 Å². The van der Waals surface area contributed by atoms with Crippen molar-refractivity contribution in [1.82, 2.24) is 15.2 Å². The van der Waals surface area contributed by atoms with Crippen molar-refractivity contribution in [2.24, 2.45) is 4.99 Å². The maximum absolute atomic E-state index is 6.11. The smallest absolute Gasteiger partial charge is 0.193 e. The van der Waals surface area contributed by atoms with Crippen LogP contribution in [0.2, 0.25) is 0 Å². The Labute approximate surface area is 156 Å². The van der Waals surface area contributed by atoms with Crippen molar-refractivity contribution in [2.45, 2.75) is 78.6 Å². The van der Waals surface area contributed by atoms with Gasteiger partial charge in [-0.2, -0.15) is 0 Å². The molecule has 1 aromatic heterocycles. The van der Waals surface area contributed by atoms with Gasteiger partial charge in [0.2, 0.25) is 0 Å². The molecule has 1 aromatic rings. The first kappa shape index (κ1) is 20.2. The number of rotatable bonds is 4. The summed E-state index contributed by atoms with van der Waals surface area (Å²) in [4.78, 5) is 12.9. The molecule has 1 N–H and O–H groups in total. The molecule has 0 unspecified atom stereocenters. The minimum atomic E-state index is -0.0659. The van der Waals surface area contributed by atoms with E-state index in [1.165, 1.54) is 10.6 Å². The number of guanidine groups is 1. The summed E-state index contributed by atoms with van der Waals surface area (Å²) < 4.78 is 6.11. The predicted octanol–water partition coefficient (Wildman–Crippen LogP) is 3.93. The second-order valence-electron chi connectivity index (χ2n) is 8.02. The quantitative estimate of drug-likeness (QED) is 0.648. The van der Waals surface area contributed by atoms with E-state index in [9.17, 15) is 0 Å². The van der Waals surface area contributed by atoms with Gasteiger partial charge in [0.15, 0.2) is 5.96 Å². The van der Waals surface area contributed by atoms with Gasteiger partial charge in [0.05, 0.1) is 23.9 Å². The van der Waals surface area contributed by atoms with Crippen molar-refractivity contribution < 1.29 is 4.74 Å². The van der Waals surface area contributed by atoms with E-state index in [1.54, 1.807) is 11.3 Å². The highest BCUT2D eigenvalue weighted by Gasteiger charge is 2.25. The van der Waals surface area contributed by atoms with Crippen molar-refractivity contribution >= 4 is 17.3 Å². The number of hydrogen-bond acceptors (Lipinski definition) is 4. The van der Waals surface area contributed by atoms with Crippen LogP contribution in [0.1, 0.15) is 69.0 Å². The SMILES string of the molecule is CN=C(NCc1nc(C(C)C)c(C)s1)N1CCC(OC(C)(C)C)CC1. The van der Waals surface area contributed by atoms with E-state index in [4.69, 9.17) is 9.72 Å². The van der Waals surface area contributed by atoms with Gasteiger partial charge in [-0.3, -0.25) is 4.99 Å². The number of aromatic nitrogens is 1. The standard InChI is InChI=1S/C19H34N4OS/c1-13(2)17-14(3)25-16(22-17)12-21-18(20-7)23-10-8-15(9-11-23)24-19(4,5)6/h13,15H,8-12H2,1-7H3,(H,20,21). The lowest BCUT2D eigenvalue weighted by atomic mass is 10.1. The van der Waals surface area contributed by atoms with Gasteiger partial charge in [-0.15, -0.1) is 11.3 Å². The zero-order valence-corrected chi connectivity index (χ0v) is 17.7. The van der Waals surface area contributed by atoms with E-state index in [-0.39, 0.29) is 5.60 Å². The number of piperidine rings is 1. The van der Waals surface area contributed by atoms with E-state index in [0.717, 1.165) is 43.4 Å². The Balaban J connectivity index is 1.86. The van der Waals surface area contributed by atoms with Crippen LogP contribution in [0.25, 0.3) is 0 Å². The molecule has 0 spiro atoms. The van der Waals surface area contributed by atoms with Gasteiger partial charge < -0.3 is 15.0 Å². The number of likely N-dealkylation sites (tertiary alicyclic amines) is 1. The molecule has 142 valence electrons. The Morgan fingerprint density at radius 3 is 2.48 bits per heavy atom. The molecule has 0 bridgehead atoms. The molecule has 25 heavy (non-hydrogen) atoms. The van der Waals surface area contributed by atoms with E-state index in [2.05, 4.69) is 56.8 Å². The van der Waals surface area contributed by atoms with Crippen molar-refractivity contribution in [1.29, 1.82) is 0 Å². The van der Waals surface area contributed by atoms with Gasteiger partial charge in [-0.25, -0.2) is 4.98 Å². The summed E-state index contributed by atoms with van der Waals surface area (Å²) in [5.41, 5.74) is 1.15. The van der Waals surface area contributed by atoms with Crippen LogP contribution in [-0.4, -0.2) is 47.7 Å². The average molecular weight is 367 g/mol. The van der Waals surface area contributed by atoms with Gasteiger partial charge in [-0.1, -0.05) is 13.8 Å². The van der Waals surface area contributed by atoms with Crippen LogP contribution in [0.15, 0.2) is 4.99 Å². The summed E-state index contributed by atoms with van der Waals surface area (Å²) in [6, 6.07) is 0. The number of thiazole rings is 1. The lowest BCUT2D eigenvalue weighted by molar-refractivity contribution is -0.0772. The van der Waals surface area contributed by atoms with Gasteiger partial charge >= 0.3 is 0 Å². The molecule has 2 rings (SSSR count). The number of ether oxygens (including phenoxy) is 1. The Hall–Kier alpha value is -1.14. The van der Waals surface area contributed by atoms with E-state index in [0.29, 0.717) is 12.0 Å². The van der Waals surface area contributed by atoms with Gasteiger partial charge in [-0.05, 0) is 46.5 Å². The molecular formula is C19H34N4OS. The molecule has 0 aliphatic carbocycles. The van der Waals surface area contributed by atoms with Crippen molar-refractivity contribution in [3.8, 4) is 0 Å². The first-order chi connectivity index (χ1) is 11.7. The first-order valence-electron chi connectivity index (χ1n) is 9.29. The third-order valence-electron chi connectivity index (χ3n) is 4.29. The Morgan fingerprint density at radius 1 is 1.36 bits per heavy atom. The highest BCUT2D eigenvalue weighted by atomic mass is 32.1. The third-order valence-corrected chi connectivity index (χ3v) is 5.28. The summed E-state index contributed by atoms with van der Waals surface area (Å²) in [6.07, 6.45) is 2.45. The molecule has 1 fully saturated rings. The second kappa shape index (κ2) is 8.49. The Kier molecular flexibility index (Phi) is 6.86. The minimum Gasteiger partial charge on any atom is -0.372 e. The van der Waals surface area contributed by atoms with Gasteiger partial charge in [0.1, 0.15) is 5.01 Å². The maximum Gasteiger partial charge on any atom is 0.193 e. The molecule has 1 aliphatic heterocycles. The van der Waals surface area contributed by atoms with Crippen LogP contribution < -0.4 is 5.32 Å². The Bertz CT molecular complexity index is 581. The zero-order valence-electron chi connectivity index (χ0n) is 16.8. The molecular weight excluding hydrogens is 332 g/mol. The van der Waals surface area contributed by atoms with Crippen molar-refractivity contribution in [3.05, 3.63) is 15.6 Å². The van der Waals surface area contributed by atoms with E-state index in [1.807, 2.05) is 7.05 Å². The molecule has 6 heteroatoms. The molecule has 2 heterocycles. The fourth-order valence-corrected chi connectivity index (χ4v) is 4.28. The molecule has 1 aliphatic rings. The van der Waals surface area contributed by atoms with Crippen LogP contribution in [0.3, 0.4) is 0 Å². The molecule has 0 saturated carbocycles. The maximum atomic E-state index is 6.11. The number of nitrogens with zero attached hydrogens (tertiary/aromatic N) is 3. The Morgan fingerprint density at radius 2 is 2.00 bits per heavy atom. The monoisotopic (exact) mass is 366 g/mol. The fraction of sp³-hybridized carbons (Fsp3) is 0.789. The second-order valence-corrected chi connectivity index (χ2v) is 9.31. The zero-order chi connectivity index (χ0) is 18.6. The average Bonchev–Trinajstić information content (AvgIpc) is 2.89. The summed E-state index contributed by atoms with van der Waals surface area (Å²) in [6.45, 7) is 15.6. The number of aryl methyl sites for hydroxylation is 1. The first-order valence-corrected chi connectivity index (χ1v) is 10.1. The largest absolute Gasteiger partial charge is 0.372 e. The van der Waals surface area contributed by atoms with Crippen LogP contribution in [0.4, 0.5) is 0 Å². The summed E-state index contributed by atoms with van der Waals surface area (Å²) in [5.74, 6) is 1.44. The lowest BCUT2D eigenvalue weighted by Crippen LogP contribution is -2.47. The third kappa shape index (κ3) is 5.96. The highest BCUT2D eigenvalue weighted by Crippen LogP contribution is 2.24. The van der Waals surface area contributed by atoms with E-state index < -0.39 is 0 Å². The van der Waals surface area contributed by atoms with Crippen LogP contribution in [0, 0.1) is 6.92 Å². The normalized spacial score (nSPS) is 17.4. The van der Waals surface area contributed by atoms with E-state index >= 15 is 0 Å². The van der Waals surface area contributed by atoms with Gasteiger partial charge in [0.25, 0.3) is 0 Å². The van der Waals surface area contributed by atoms with Crippen molar-refractivity contribution in [3.63, 3.8) is 0 Å². The number of hydrogen-bond donors (Lipinski definition) is 1. The summed E-state index contributed by atoms with van der Waals surface area (Å²) in [7, 11) is 1.85. The molecule has 0 atom stereocenters. The van der Waals surface area contributed by atoms with Gasteiger partial charge in [0, 0.05) is 25.0 Å². The fourth-order valence-electron chi connectivity index (χ4n) is 3.25. The van der Waals surface area contributed by atoms with Crippen LogP contribution in [0.5, 0.6) is 0 Å². The molecule has 1 saturated heterocycles. The summed E-state index contributed by atoms with van der Waals surface area (Å²) in [5, 5.41) is 4.61. The molecule has 0 radical (unpaired) electrons. The number of aliphatic imine (C=N–C) groups is 1. The number of nitrogens with one attached hydrogen (secondary N) is 1. The molecule has 0 aromatic carbocycles. The summed E-state index contributed by atoms with van der Waals surface area (Å²) >= 11 is 1.78. The minimum absolute atomic E-state index is 0.0659. The predicted molar refractivity (Wildman–Crippen MR) is 107 cm³/mol. The van der Waals surface area contributed by atoms with Crippen molar-refractivity contribution in [2.75, 3.05) is 20.1 Å². The van der Waals surface area contributed by atoms with Crippen LogP contribution >= 0.6 is 11.3 Å². The topological polar surface area (TPSA) is 49.8 Å². The highest BCUT2D eigenvalue weighted by molar-refractivity contribution is 7.11. The lowest BCUT2D eigenvalue weighted by Gasteiger charge is -2.36. The molecule has 0 amide bonds.